The number of rotatable bonds is 7. The zero-order valence-electron chi connectivity index (χ0n) is 15.2. The number of carboxylic acids is 1. The number of hydrogen-bond donors (Lipinski definition) is 1. The van der Waals surface area contributed by atoms with Crippen LogP contribution in [-0.2, 0) is 0 Å². The summed E-state index contributed by atoms with van der Waals surface area (Å²) in [6, 6.07) is 10.8. The van der Waals surface area contributed by atoms with Gasteiger partial charge in [0.1, 0.15) is 11.3 Å². The monoisotopic (exact) mass is 344 g/mol. The van der Waals surface area contributed by atoms with E-state index in [0.29, 0.717) is 22.6 Å². The summed E-state index contributed by atoms with van der Waals surface area (Å²) in [7, 11) is 1.56. The van der Waals surface area contributed by atoms with Crippen molar-refractivity contribution in [2.75, 3.05) is 7.11 Å². The number of methoxy groups -OCH3 is 1. The highest BCUT2D eigenvalue weighted by atomic mass is 16.5. The van der Waals surface area contributed by atoms with Gasteiger partial charge < -0.3 is 19.3 Å². The number of benzene rings is 2. The summed E-state index contributed by atoms with van der Waals surface area (Å²) in [6.45, 7) is 7.46. The third-order valence-electron chi connectivity index (χ3n) is 3.45. The van der Waals surface area contributed by atoms with Gasteiger partial charge in [-0.05, 0) is 45.9 Å². The van der Waals surface area contributed by atoms with E-state index in [-0.39, 0.29) is 23.5 Å². The molecule has 0 saturated heterocycles. The van der Waals surface area contributed by atoms with Crippen LogP contribution in [0.2, 0.25) is 0 Å². The van der Waals surface area contributed by atoms with Gasteiger partial charge in [-0.15, -0.1) is 0 Å². The minimum Gasteiger partial charge on any atom is -0.496 e. The van der Waals surface area contributed by atoms with E-state index < -0.39 is 5.97 Å². The molecule has 0 heterocycles. The summed E-state index contributed by atoms with van der Waals surface area (Å²) >= 11 is 0. The molecule has 0 aliphatic heterocycles. The topological polar surface area (TPSA) is 65.0 Å². The number of carbonyl (C=O) groups is 1. The molecule has 0 atom stereocenters. The molecule has 0 radical (unpaired) electrons. The predicted octanol–water partition coefficient (Wildman–Crippen LogP) is 4.63. The number of ether oxygens (including phenoxy) is 3. The summed E-state index contributed by atoms with van der Waals surface area (Å²) in [5, 5.41) is 9.87. The average molecular weight is 344 g/mol. The van der Waals surface area contributed by atoms with Crippen LogP contribution in [0.15, 0.2) is 36.4 Å². The third kappa shape index (κ3) is 4.24. The number of carboxylic acid groups (broad SMARTS) is 1. The van der Waals surface area contributed by atoms with E-state index in [1.54, 1.807) is 25.3 Å². The summed E-state index contributed by atoms with van der Waals surface area (Å²) < 4.78 is 17.0. The average Bonchev–Trinajstić information content (AvgIpc) is 2.54. The molecule has 0 amide bonds. The minimum absolute atomic E-state index is 0.0661. The highest BCUT2D eigenvalue weighted by Gasteiger charge is 2.25. The second-order valence-corrected chi connectivity index (χ2v) is 6.15. The molecule has 2 aromatic rings. The fraction of sp³-hybridized carbons (Fsp3) is 0.350. The molecule has 0 spiro atoms. The number of aromatic carboxylic acids is 1. The zero-order valence-corrected chi connectivity index (χ0v) is 15.2. The molecule has 25 heavy (non-hydrogen) atoms. The molecule has 0 aliphatic rings. The van der Waals surface area contributed by atoms with Crippen molar-refractivity contribution in [3.05, 3.63) is 42.0 Å². The van der Waals surface area contributed by atoms with Crippen LogP contribution in [0.1, 0.15) is 38.1 Å². The first-order valence-electron chi connectivity index (χ1n) is 8.22. The van der Waals surface area contributed by atoms with Crippen molar-refractivity contribution in [3.63, 3.8) is 0 Å². The molecule has 2 rings (SSSR count). The van der Waals surface area contributed by atoms with Gasteiger partial charge >= 0.3 is 5.97 Å². The van der Waals surface area contributed by atoms with Crippen LogP contribution in [0.3, 0.4) is 0 Å². The van der Waals surface area contributed by atoms with Crippen molar-refractivity contribution in [2.45, 2.75) is 39.9 Å². The Hall–Kier alpha value is -2.69. The Kier molecular flexibility index (Phi) is 5.91. The Balaban J connectivity index is 2.75. The Bertz CT molecular complexity index is 750. The lowest BCUT2D eigenvalue weighted by atomic mass is 9.97. The van der Waals surface area contributed by atoms with Crippen LogP contribution in [0.25, 0.3) is 11.1 Å². The Morgan fingerprint density at radius 2 is 1.52 bits per heavy atom. The Morgan fingerprint density at radius 3 is 2.08 bits per heavy atom. The summed E-state index contributed by atoms with van der Waals surface area (Å²) in [4.78, 5) is 12.1. The molecular formula is C20H24O5. The van der Waals surface area contributed by atoms with Crippen molar-refractivity contribution in [3.8, 4) is 28.4 Å². The summed E-state index contributed by atoms with van der Waals surface area (Å²) in [5.41, 5.74) is 1.28. The van der Waals surface area contributed by atoms with Crippen LogP contribution in [0.5, 0.6) is 17.2 Å². The first-order valence-corrected chi connectivity index (χ1v) is 8.22. The van der Waals surface area contributed by atoms with Gasteiger partial charge in [-0.2, -0.15) is 0 Å². The van der Waals surface area contributed by atoms with Gasteiger partial charge in [0.15, 0.2) is 11.5 Å². The molecule has 0 fully saturated rings. The van der Waals surface area contributed by atoms with Gasteiger partial charge in [-0.25, -0.2) is 4.79 Å². The second kappa shape index (κ2) is 7.92. The summed E-state index contributed by atoms with van der Waals surface area (Å²) in [6.07, 6.45) is -0.297. The molecular weight excluding hydrogens is 320 g/mol. The molecule has 134 valence electrons. The molecule has 0 aromatic heterocycles. The van der Waals surface area contributed by atoms with Crippen molar-refractivity contribution < 1.29 is 24.1 Å². The highest BCUT2D eigenvalue weighted by Crippen LogP contribution is 2.42. The standard InChI is InChI=1S/C20H24O5/c1-12(2)24-17-11-10-15(14-8-6-7-9-16(14)23-5)18(20(21)22)19(17)25-13(3)4/h6-13H,1-5H3,(H,21,22). The maximum absolute atomic E-state index is 12.1. The van der Waals surface area contributed by atoms with Crippen LogP contribution >= 0.6 is 0 Å². The van der Waals surface area contributed by atoms with Gasteiger partial charge in [0.25, 0.3) is 0 Å². The van der Waals surface area contributed by atoms with Crippen molar-refractivity contribution in [1.29, 1.82) is 0 Å². The number of para-hydroxylation sites is 1. The van der Waals surface area contributed by atoms with E-state index in [1.165, 1.54) is 0 Å². The van der Waals surface area contributed by atoms with E-state index in [1.807, 2.05) is 45.9 Å². The smallest absolute Gasteiger partial charge is 0.340 e. The largest absolute Gasteiger partial charge is 0.496 e. The lowest BCUT2D eigenvalue weighted by Crippen LogP contribution is -2.15. The lowest BCUT2D eigenvalue weighted by molar-refractivity contribution is 0.0689. The normalized spacial score (nSPS) is 10.8. The first-order chi connectivity index (χ1) is 11.8. The maximum Gasteiger partial charge on any atom is 0.340 e. The van der Waals surface area contributed by atoms with Crippen molar-refractivity contribution in [2.24, 2.45) is 0 Å². The van der Waals surface area contributed by atoms with Crippen LogP contribution in [-0.4, -0.2) is 30.4 Å². The molecule has 0 unspecified atom stereocenters. The van der Waals surface area contributed by atoms with Crippen molar-refractivity contribution in [1.82, 2.24) is 0 Å². The van der Waals surface area contributed by atoms with E-state index in [2.05, 4.69) is 0 Å². The van der Waals surface area contributed by atoms with E-state index in [4.69, 9.17) is 14.2 Å². The summed E-state index contributed by atoms with van der Waals surface area (Å²) in [5.74, 6) is 0.170. The molecule has 0 aliphatic carbocycles. The van der Waals surface area contributed by atoms with Gasteiger partial charge in [0, 0.05) is 11.1 Å². The molecule has 5 nitrogen and oxygen atoms in total. The Morgan fingerprint density at radius 1 is 0.880 bits per heavy atom. The van der Waals surface area contributed by atoms with Crippen molar-refractivity contribution >= 4 is 5.97 Å². The molecule has 2 aromatic carbocycles. The van der Waals surface area contributed by atoms with Gasteiger partial charge in [0.2, 0.25) is 0 Å². The fourth-order valence-electron chi connectivity index (χ4n) is 2.57. The first kappa shape index (κ1) is 18.6. The van der Waals surface area contributed by atoms with Crippen LogP contribution < -0.4 is 14.2 Å². The molecule has 1 N–H and O–H groups in total. The Labute approximate surface area is 148 Å². The van der Waals surface area contributed by atoms with Gasteiger partial charge in [-0.1, -0.05) is 18.2 Å². The van der Waals surface area contributed by atoms with E-state index in [0.717, 1.165) is 0 Å². The van der Waals surface area contributed by atoms with E-state index in [9.17, 15) is 9.90 Å². The second-order valence-electron chi connectivity index (χ2n) is 6.15. The SMILES string of the molecule is COc1ccccc1-c1ccc(OC(C)C)c(OC(C)C)c1C(=O)O. The third-order valence-corrected chi connectivity index (χ3v) is 3.45. The van der Waals surface area contributed by atoms with E-state index >= 15 is 0 Å². The molecule has 0 saturated carbocycles. The molecule has 0 bridgehead atoms. The van der Waals surface area contributed by atoms with Gasteiger partial charge in [0.05, 0.1) is 19.3 Å². The highest BCUT2D eigenvalue weighted by molar-refractivity contribution is 6.00. The van der Waals surface area contributed by atoms with Crippen LogP contribution in [0, 0.1) is 0 Å². The lowest BCUT2D eigenvalue weighted by Gasteiger charge is -2.21. The van der Waals surface area contributed by atoms with Crippen LogP contribution in [0.4, 0.5) is 0 Å². The quantitative estimate of drug-likeness (QED) is 0.793. The zero-order chi connectivity index (χ0) is 18.6. The minimum atomic E-state index is -1.08. The predicted molar refractivity (Wildman–Crippen MR) is 96.9 cm³/mol. The van der Waals surface area contributed by atoms with Gasteiger partial charge in [-0.3, -0.25) is 0 Å². The maximum atomic E-state index is 12.1. The number of hydrogen-bond acceptors (Lipinski definition) is 4. The fourth-order valence-corrected chi connectivity index (χ4v) is 2.57. The molecule has 5 heteroatoms.